The Morgan fingerprint density at radius 1 is 1.18 bits per heavy atom. The van der Waals surface area contributed by atoms with Crippen molar-refractivity contribution >= 4 is 15.9 Å². The molecule has 1 atom stereocenters. The molecular formula is C25H27N5O3S. The van der Waals surface area contributed by atoms with Crippen LogP contribution in [0.15, 0.2) is 65.7 Å². The van der Waals surface area contributed by atoms with Gasteiger partial charge < -0.3 is 10.3 Å². The Labute approximate surface area is 199 Å². The van der Waals surface area contributed by atoms with Gasteiger partial charge in [0.2, 0.25) is 15.9 Å². The predicted molar refractivity (Wildman–Crippen MR) is 128 cm³/mol. The van der Waals surface area contributed by atoms with Gasteiger partial charge in [-0.15, -0.1) is 0 Å². The van der Waals surface area contributed by atoms with Crippen LogP contribution < -0.4 is 5.32 Å². The van der Waals surface area contributed by atoms with Gasteiger partial charge in [0.15, 0.2) is 0 Å². The van der Waals surface area contributed by atoms with Gasteiger partial charge in [0, 0.05) is 19.0 Å². The molecule has 2 N–H and O–H groups in total. The van der Waals surface area contributed by atoms with Crippen LogP contribution in [0.1, 0.15) is 43.6 Å². The van der Waals surface area contributed by atoms with Crippen molar-refractivity contribution in [3.63, 3.8) is 0 Å². The smallest absolute Gasteiger partial charge is 0.243 e. The first-order valence-corrected chi connectivity index (χ1v) is 12.8. The number of benzene rings is 2. The van der Waals surface area contributed by atoms with E-state index >= 15 is 0 Å². The molecule has 1 aromatic heterocycles. The van der Waals surface area contributed by atoms with Crippen molar-refractivity contribution in [2.75, 3.05) is 13.1 Å². The largest absolute Gasteiger partial charge is 0.346 e. The van der Waals surface area contributed by atoms with Gasteiger partial charge >= 0.3 is 0 Å². The number of imidazole rings is 1. The van der Waals surface area contributed by atoms with Gasteiger partial charge in [-0.2, -0.15) is 9.57 Å². The summed E-state index contributed by atoms with van der Waals surface area (Å²) in [7, 11) is -3.65. The molecule has 34 heavy (non-hydrogen) atoms. The number of hydrogen-bond donors (Lipinski definition) is 2. The van der Waals surface area contributed by atoms with Crippen molar-refractivity contribution in [2.24, 2.45) is 5.92 Å². The van der Waals surface area contributed by atoms with Crippen LogP contribution in [0.5, 0.6) is 0 Å². The molecule has 0 aliphatic carbocycles. The summed E-state index contributed by atoms with van der Waals surface area (Å²) < 4.78 is 27.3. The van der Waals surface area contributed by atoms with E-state index in [1.54, 1.807) is 6.20 Å². The summed E-state index contributed by atoms with van der Waals surface area (Å²) in [5.41, 5.74) is 2.33. The maximum absolute atomic E-state index is 13.0. The molecule has 9 heteroatoms. The highest BCUT2D eigenvalue weighted by molar-refractivity contribution is 7.89. The number of carbonyl (C=O) groups excluding carboxylic acids is 1. The number of carbonyl (C=O) groups is 1. The quantitative estimate of drug-likeness (QED) is 0.539. The van der Waals surface area contributed by atoms with Gasteiger partial charge in [0.05, 0.1) is 34.5 Å². The molecular weight excluding hydrogens is 450 g/mol. The Balaban J connectivity index is 1.36. The lowest BCUT2D eigenvalue weighted by Gasteiger charge is -2.31. The Bertz CT molecular complexity index is 1270. The van der Waals surface area contributed by atoms with Crippen LogP contribution in [0, 0.1) is 17.2 Å². The molecule has 1 aliphatic rings. The van der Waals surface area contributed by atoms with Crippen molar-refractivity contribution in [3.8, 4) is 17.3 Å². The predicted octanol–water partition coefficient (Wildman–Crippen LogP) is 3.62. The second-order valence-corrected chi connectivity index (χ2v) is 10.3. The van der Waals surface area contributed by atoms with Gasteiger partial charge in [-0.05, 0) is 49.1 Å². The number of sulfonamides is 1. The molecule has 1 aliphatic heterocycles. The van der Waals surface area contributed by atoms with Crippen LogP contribution in [-0.2, 0) is 14.8 Å². The highest BCUT2D eigenvalue weighted by Crippen LogP contribution is 2.26. The van der Waals surface area contributed by atoms with Crippen LogP contribution >= 0.6 is 0 Å². The minimum Gasteiger partial charge on any atom is -0.346 e. The summed E-state index contributed by atoms with van der Waals surface area (Å²) in [5.74, 6) is 0.362. The van der Waals surface area contributed by atoms with Gasteiger partial charge in [-0.25, -0.2) is 13.4 Å². The molecule has 1 unspecified atom stereocenters. The first-order valence-electron chi connectivity index (χ1n) is 11.3. The third-order valence-electron chi connectivity index (χ3n) is 6.18. The standard InChI is InChI=1S/C25H27N5O3S/c1-2-22(24-27-17-23(28-24)19-6-4-3-5-7-19)29-25(31)20-12-14-30(15-13-20)34(32,33)21-10-8-18(16-26)9-11-21/h3-11,17,20,22H,2,12-15H2,1H3,(H,27,28)(H,29,31). The molecule has 0 bridgehead atoms. The summed E-state index contributed by atoms with van der Waals surface area (Å²) in [4.78, 5) is 20.9. The molecule has 3 aromatic rings. The number of rotatable bonds is 7. The van der Waals surface area contributed by atoms with E-state index in [9.17, 15) is 13.2 Å². The lowest BCUT2D eigenvalue weighted by molar-refractivity contribution is -0.127. The number of nitriles is 1. The average molecular weight is 478 g/mol. The van der Waals surface area contributed by atoms with E-state index < -0.39 is 10.0 Å². The Hall–Kier alpha value is -3.48. The third kappa shape index (κ3) is 5.03. The fraction of sp³-hybridized carbons (Fsp3) is 0.320. The molecule has 0 saturated carbocycles. The van der Waals surface area contributed by atoms with Gasteiger partial charge in [-0.1, -0.05) is 37.3 Å². The third-order valence-corrected chi connectivity index (χ3v) is 8.09. The zero-order valence-electron chi connectivity index (χ0n) is 18.9. The van der Waals surface area contributed by atoms with E-state index in [4.69, 9.17) is 5.26 Å². The van der Waals surface area contributed by atoms with Crippen molar-refractivity contribution < 1.29 is 13.2 Å². The molecule has 1 saturated heterocycles. The summed E-state index contributed by atoms with van der Waals surface area (Å²) in [5, 5.41) is 12.0. The molecule has 8 nitrogen and oxygen atoms in total. The maximum atomic E-state index is 13.0. The molecule has 2 aromatic carbocycles. The number of piperidine rings is 1. The van der Waals surface area contributed by atoms with Crippen LogP contribution in [0.2, 0.25) is 0 Å². The van der Waals surface area contributed by atoms with Gasteiger partial charge in [-0.3, -0.25) is 4.79 Å². The zero-order valence-corrected chi connectivity index (χ0v) is 19.8. The van der Waals surface area contributed by atoms with E-state index in [1.807, 2.05) is 43.3 Å². The number of hydrogen-bond acceptors (Lipinski definition) is 5. The minimum absolute atomic E-state index is 0.0834. The molecule has 1 fully saturated rings. The number of amides is 1. The molecule has 1 amide bonds. The number of aromatic nitrogens is 2. The second kappa shape index (κ2) is 10.2. The lowest BCUT2D eigenvalue weighted by Crippen LogP contribution is -2.43. The summed E-state index contributed by atoms with van der Waals surface area (Å²) in [6, 6.07) is 17.5. The van der Waals surface area contributed by atoms with Crippen LogP contribution in [0.3, 0.4) is 0 Å². The van der Waals surface area contributed by atoms with Crippen molar-refractivity contribution in [2.45, 2.75) is 37.1 Å². The topological polar surface area (TPSA) is 119 Å². The second-order valence-electron chi connectivity index (χ2n) is 8.33. The van der Waals surface area contributed by atoms with Crippen molar-refractivity contribution in [3.05, 3.63) is 72.2 Å². The number of nitrogens with one attached hydrogen (secondary N) is 2. The molecule has 176 valence electrons. The average Bonchev–Trinajstić information content (AvgIpc) is 3.38. The van der Waals surface area contributed by atoms with E-state index in [1.165, 1.54) is 28.6 Å². The van der Waals surface area contributed by atoms with E-state index in [0.29, 0.717) is 30.7 Å². The van der Waals surface area contributed by atoms with E-state index in [0.717, 1.165) is 11.3 Å². The number of aromatic amines is 1. The van der Waals surface area contributed by atoms with Crippen molar-refractivity contribution in [1.82, 2.24) is 19.6 Å². The van der Waals surface area contributed by atoms with Gasteiger partial charge in [0.1, 0.15) is 5.82 Å². The summed E-state index contributed by atoms with van der Waals surface area (Å²) in [6.45, 7) is 2.54. The Morgan fingerprint density at radius 2 is 1.85 bits per heavy atom. The zero-order chi connectivity index (χ0) is 24.1. The van der Waals surface area contributed by atoms with E-state index in [2.05, 4.69) is 15.3 Å². The highest BCUT2D eigenvalue weighted by atomic mass is 32.2. The minimum atomic E-state index is -3.65. The van der Waals surface area contributed by atoms with Crippen molar-refractivity contribution in [1.29, 1.82) is 5.26 Å². The SMILES string of the molecule is CCC(NC(=O)C1CCN(S(=O)(=O)c2ccc(C#N)cc2)CC1)c1ncc(-c2ccccc2)[nH]1. The molecule has 4 rings (SSSR count). The molecule has 2 heterocycles. The number of nitrogens with zero attached hydrogens (tertiary/aromatic N) is 3. The normalized spacial score (nSPS) is 16.0. The van der Waals surface area contributed by atoms with Crippen LogP contribution in [0.4, 0.5) is 0 Å². The van der Waals surface area contributed by atoms with Crippen LogP contribution in [0.25, 0.3) is 11.3 Å². The monoisotopic (exact) mass is 477 g/mol. The molecule has 0 spiro atoms. The fourth-order valence-corrected chi connectivity index (χ4v) is 5.61. The Kier molecular flexibility index (Phi) is 7.10. The lowest BCUT2D eigenvalue weighted by atomic mass is 9.96. The summed E-state index contributed by atoms with van der Waals surface area (Å²) >= 11 is 0. The Morgan fingerprint density at radius 3 is 2.47 bits per heavy atom. The summed E-state index contributed by atoms with van der Waals surface area (Å²) in [6.07, 6.45) is 3.35. The van der Waals surface area contributed by atoms with Crippen LogP contribution in [-0.4, -0.2) is 41.7 Å². The fourth-order valence-electron chi connectivity index (χ4n) is 4.14. The maximum Gasteiger partial charge on any atom is 0.243 e. The van der Waals surface area contributed by atoms with E-state index in [-0.39, 0.29) is 35.9 Å². The first-order chi connectivity index (χ1) is 16.4. The molecule has 0 radical (unpaired) electrons. The van der Waals surface area contributed by atoms with Gasteiger partial charge in [0.25, 0.3) is 0 Å². The first kappa shape index (κ1) is 23.7. The number of H-pyrrole nitrogens is 1. The highest BCUT2D eigenvalue weighted by Gasteiger charge is 2.33.